The molecule has 0 saturated carbocycles. The predicted octanol–water partition coefficient (Wildman–Crippen LogP) is 0.0885. The fourth-order valence-corrected chi connectivity index (χ4v) is 2.86. The van der Waals surface area contributed by atoms with Gasteiger partial charge in [0, 0.05) is 12.5 Å². The molecule has 7 nitrogen and oxygen atoms in total. The molecule has 0 aliphatic carbocycles. The zero-order valence-electron chi connectivity index (χ0n) is 14.2. The van der Waals surface area contributed by atoms with E-state index in [2.05, 4.69) is 5.32 Å². The number of ether oxygens (including phenoxy) is 2. The number of hydrogen-bond acceptors (Lipinski definition) is 6. The van der Waals surface area contributed by atoms with E-state index in [0.29, 0.717) is 6.42 Å². The van der Waals surface area contributed by atoms with Gasteiger partial charge in [-0.3, -0.25) is 9.59 Å². The average Bonchev–Trinajstić information content (AvgIpc) is 2.27. The molecule has 0 aromatic rings. The molecule has 1 rings (SSSR count). The number of amides is 1. The minimum absolute atomic E-state index is 0.374. The first kappa shape index (κ1) is 19.0. The van der Waals surface area contributed by atoms with Crippen LogP contribution in [0.15, 0.2) is 0 Å². The molecular formula is C15H28N2O5. The largest absolute Gasteiger partial charge is 0.383 e. The van der Waals surface area contributed by atoms with Gasteiger partial charge in [0.2, 0.25) is 5.91 Å². The molecule has 0 spiro atoms. The number of nitrogens with one attached hydrogen (secondary N) is 1. The van der Waals surface area contributed by atoms with Gasteiger partial charge in [-0.05, 0) is 41.0 Å². The lowest BCUT2D eigenvalue weighted by Crippen LogP contribution is -2.63. The number of hydrogen-bond donors (Lipinski definition) is 3. The van der Waals surface area contributed by atoms with E-state index in [0.717, 1.165) is 0 Å². The summed E-state index contributed by atoms with van der Waals surface area (Å²) in [4.78, 5) is 23.2. The minimum Gasteiger partial charge on any atom is -0.383 e. The molecule has 7 heteroatoms. The maximum Gasteiger partial charge on any atom is 0.217 e. The lowest BCUT2D eigenvalue weighted by molar-refractivity contribution is -0.255. The molecule has 128 valence electrons. The van der Waals surface area contributed by atoms with E-state index >= 15 is 0 Å². The first-order chi connectivity index (χ1) is 9.82. The van der Waals surface area contributed by atoms with Crippen LogP contribution in [0, 0.1) is 0 Å². The van der Waals surface area contributed by atoms with E-state index in [1.165, 1.54) is 6.92 Å². The van der Waals surface area contributed by atoms with Crippen molar-refractivity contribution in [3.8, 4) is 0 Å². The van der Waals surface area contributed by atoms with Gasteiger partial charge in [-0.25, -0.2) is 0 Å². The Morgan fingerprint density at radius 1 is 1.41 bits per heavy atom. The van der Waals surface area contributed by atoms with E-state index in [-0.39, 0.29) is 5.91 Å². The van der Waals surface area contributed by atoms with Crippen molar-refractivity contribution in [1.29, 1.82) is 0 Å². The Morgan fingerprint density at radius 3 is 2.41 bits per heavy atom. The number of ketones is 1. The first-order valence-corrected chi connectivity index (χ1v) is 7.43. The Hall–Kier alpha value is -1.02. The highest BCUT2D eigenvalue weighted by atomic mass is 16.7. The summed E-state index contributed by atoms with van der Waals surface area (Å²) in [6.07, 6.45) is -2.56. The fraction of sp³-hybridized carbons (Fsp3) is 0.867. The van der Waals surface area contributed by atoms with Crippen LogP contribution < -0.4 is 11.1 Å². The van der Waals surface area contributed by atoms with Gasteiger partial charge >= 0.3 is 0 Å². The van der Waals surface area contributed by atoms with Gasteiger partial charge in [-0.2, -0.15) is 0 Å². The zero-order valence-corrected chi connectivity index (χ0v) is 14.2. The maximum atomic E-state index is 11.9. The second kappa shape index (κ2) is 6.62. The third-order valence-corrected chi connectivity index (χ3v) is 3.35. The van der Waals surface area contributed by atoms with Gasteiger partial charge < -0.3 is 25.6 Å². The Morgan fingerprint density at radius 2 is 1.95 bits per heavy atom. The van der Waals surface area contributed by atoms with Crippen LogP contribution in [0.4, 0.5) is 0 Å². The molecule has 4 N–H and O–H groups in total. The summed E-state index contributed by atoms with van der Waals surface area (Å²) >= 11 is 0. The van der Waals surface area contributed by atoms with Crippen LogP contribution in [0.3, 0.4) is 0 Å². The number of carbonyl (C=O) groups is 2. The molecule has 0 bridgehead atoms. The summed E-state index contributed by atoms with van der Waals surface area (Å²) in [5, 5.41) is 12.6. The summed E-state index contributed by atoms with van der Waals surface area (Å²) in [6, 6.07) is -0.943. The second-order valence-electron chi connectivity index (χ2n) is 7.26. The number of nitrogens with two attached hydrogens (primary N) is 1. The molecule has 22 heavy (non-hydrogen) atoms. The quantitative estimate of drug-likeness (QED) is 0.663. The number of carbonyl (C=O) groups excluding carboxylic acids is 2. The van der Waals surface area contributed by atoms with Gasteiger partial charge in [0.15, 0.2) is 12.1 Å². The molecule has 0 aromatic carbocycles. The normalized spacial score (nSPS) is 30.3. The predicted molar refractivity (Wildman–Crippen MR) is 81.0 cm³/mol. The van der Waals surface area contributed by atoms with E-state index < -0.39 is 41.5 Å². The number of Topliss-reactive ketones (excluding diaryl/α,β-unsaturated/α-hetero) is 1. The van der Waals surface area contributed by atoms with Gasteiger partial charge in [0.05, 0.1) is 5.60 Å². The molecule has 1 heterocycles. The molecule has 0 radical (unpaired) electrons. The first-order valence-electron chi connectivity index (χ1n) is 7.43. The van der Waals surface area contributed by atoms with E-state index in [1.54, 1.807) is 6.92 Å². The maximum absolute atomic E-state index is 11.9. The van der Waals surface area contributed by atoms with Gasteiger partial charge in [-0.1, -0.05) is 0 Å². The van der Waals surface area contributed by atoms with E-state index in [1.807, 2.05) is 27.7 Å². The lowest BCUT2D eigenvalue weighted by atomic mass is 9.90. The highest BCUT2D eigenvalue weighted by molar-refractivity contribution is 5.89. The molecule has 1 aliphatic rings. The Balaban J connectivity index is 2.92. The van der Waals surface area contributed by atoms with Crippen LogP contribution in [0.2, 0.25) is 0 Å². The third kappa shape index (κ3) is 5.31. The van der Waals surface area contributed by atoms with Crippen LogP contribution >= 0.6 is 0 Å². The fourth-order valence-electron chi connectivity index (χ4n) is 2.86. The molecule has 4 atom stereocenters. The van der Waals surface area contributed by atoms with Crippen LogP contribution in [0.5, 0.6) is 0 Å². The summed E-state index contributed by atoms with van der Waals surface area (Å²) in [7, 11) is 0. The van der Waals surface area contributed by atoms with Crippen molar-refractivity contribution in [2.75, 3.05) is 0 Å². The molecule has 1 aliphatic heterocycles. The average molecular weight is 316 g/mol. The summed E-state index contributed by atoms with van der Waals surface area (Å²) in [5.74, 6) is -0.851. The summed E-state index contributed by atoms with van der Waals surface area (Å²) < 4.78 is 11.5. The van der Waals surface area contributed by atoms with Crippen molar-refractivity contribution >= 4 is 11.7 Å². The monoisotopic (exact) mass is 316 g/mol. The van der Waals surface area contributed by atoms with Crippen LogP contribution in [0.25, 0.3) is 0 Å². The smallest absolute Gasteiger partial charge is 0.217 e. The van der Waals surface area contributed by atoms with Crippen molar-refractivity contribution in [3.63, 3.8) is 0 Å². The minimum atomic E-state index is -1.36. The van der Waals surface area contributed by atoms with Crippen molar-refractivity contribution in [2.24, 2.45) is 5.73 Å². The lowest BCUT2D eigenvalue weighted by Gasteiger charge is -2.42. The topological polar surface area (TPSA) is 111 Å². The summed E-state index contributed by atoms with van der Waals surface area (Å²) in [5.41, 5.74) is 4.91. The molecule has 0 aromatic heterocycles. The number of aliphatic hydroxyl groups is 1. The van der Waals surface area contributed by atoms with Crippen LogP contribution in [0.1, 0.15) is 48.0 Å². The van der Waals surface area contributed by atoms with E-state index in [9.17, 15) is 14.7 Å². The molecule has 1 fully saturated rings. The standard InChI is InChI=1S/C15H28N2O5/c1-8-11(19)12(20)10(17-9(2)18)13(21-8)22-15(5,6)7-14(3,4)16/h8,10,12-13,20H,7,16H2,1-6H3,(H,17,18)/t8?,10?,12-,13?/m0/s1. The van der Waals surface area contributed by atoms with Crippen LogP contribution in [-0.4, -0.2) is 52.5 Å². The highest BCUT2D eigenvalue weighted by Crippen LogP contribution is 2.28. The Labute approximate surface area is 131 Å². The van der Waals surface area contributed by atoms with Crippen molar-refractivity contribution in [3.05, 3.63) is 0 Å². The zero-order chi connectivity index (χ0) is 17.3. The number of rotatable bonds is 5. The van der Waals surface area contributed by atoms with Crippen LogP contribution in [-0.2, 0) is 19.1 Å². The molecule has 3 unspecified atom stereocenters. The van der Waals surface area contributed by atoms with Gasteiger partial charge in [0.1, 0.15) is 18.2 Å². The van der Waals surface area contributed by atoms with Crippen molar-refractivity contribution in [1.82, 2.24) is 5.32 Å². The second-order valence-corrected chi connectivity index (χ2v) is 7.26. The summed E-state index contributed by atoms with van der Waals surface area (Å²) in [6.45, 7) is 10.3. The SMILES string of the molecule is CC(=O)NC1C(OC(C)(C)CC(C)(C)N)OC(C)C(=O)[C@H]1O. The van der Waals surface area contributed by atoms with Crippen molar-refractivity contribution < 1.29 is 24.2 Å². The third-order valence-electron chi connectivity index (χ3n) is 3.35. The van der Waals surface area contributed by atoms with E-state index in [4.69, 9.17) is 15.2 Å². The highest BCUT2D eigenvalue weighted by Gasteiger charge is 2.45. The Bertz CT molecular complexity index is 430. The molecule has 1 saturated heterocycles. The van der Waals surface area contributed by atoms with Gasteiger partial charge in [-0.15, -0.1) is 0 Å². The molecular weight excluding hydrogens is 288 g/mol. The van der Waals surface area contributed by atoms with Crippen molar-refractivity contribution in [2.45, 2.75) is 83.6 Å². The number of aliphatic hydroxyl groups excluding tert-OH is 1. The van der Waals surface area contributed by atoms with Gasteiger partial charge in [0.25, 0.3) is 0 Å². The Kier molecular flexibility index (Phi) is 5.72. The molecule has 1 amide bonds.